The molecule has 1 aromatic carbocycles. The van der Waals surface area contributed by atoms with Gasteiger partial charge in [-0.25, -0.2) is 28.1 Å². The Morgan fingerprint density at radius 3 is 2.72 bits per heavy atom. The Morgan fingerprint density at radius 1 is 1.17 bits per heavy atom. The molecular formula is C18H22N6O3S2. The number of nitrogens with zero attached hydrogens (tertiary/aromatic N) is 3. The molecule has 0 atom stereocenters. The van der Waals surface area contributed by atoms with Crippen LogP contribution in [0.25, 0.3) is 10.9 Å². The summed E-state index contributed by atoms with van der Waals surface area (Å²) >= 11 is 1.00. The largest absolute Gasteiger partial charge is 0.488 e. The zero-order chi connectivity index (χ0) is 20.4. The van der Waals surface area contributed by atoms with Crippen LogP contribution in [0.3, 0.4) is 0 Å². The fraction of sp³-hybridized carbons (Fsp3) is 0.389. The Balaban J connectivity index is 1.57. The molecule has 4 N–H and O–H groups in total. The van der Waals surface area contributed by atoms with Crippen molar-refractivity contribution in [2.24, 2.45) is 5.73 Å². The lowest BCUT2D eigenvalue weighted by atomic mass is 9.94. The van der Waals surface area contributed by atoms with E-state index in [9.17, 15) is 8.42 Å². The van der Waals surface area contributed by atoms with Crippen LogP contribution in [-0.2, 0) is 10.0 Å². The molecule has 154 valence electrons. The van der Waals surface area contributed by atoms with E-state index in [-0.39, 0.29) is 16.5 Å². The van der Waals surface area contributed by atoms with E-state index in [0.29, 0.717) is 22.2 Å². The number of rotatable bonds is 6. The smallest absolute Gasteiger partial charge is 0.267 e. The molecular weight excluding hydrogens is 412 g/mol. The molecule has 0 unspecified atom stereocenters. The van der Waals surface area contributed by atoms with Crippen LogP contribution in [0.4, 0.5) is 10.9 Å². The number of thiazole rings is 1. The van der Waals surface area contributed by atoms with Crippen LogP contribution in [-0.4, -0.2) is 42.6 Å². The second-order valence-corrected chi connectivity index (χ2v) is 9.96. The Labute approximate surface area is 172 Å². The highest BCUT2D eigenvalue weighted by atomic mass is 32.2. The number of anilines is 2. The van der Waals surface area contributed by atoms with Gasteiger partial charge in [-0.2, -0.15) is 0 Å². The Bertz CT molecular complexity index is 1110. The minimum atomic E-state index is -3.58. The van der Waals surface area contributed by atoms with Gasteiger partial charge in [-0.05, 0) is 38.8 Å². The van der Waals surface area contributed by atoms with E-state index in [1.165, 1.54) is 13.2 Å². The summed E-state index contributed by atoms with van der Waals surface area (Å²) in [5.41, 5.74) is 6.68. The number of benzene rings is 1. The van der Waals surface area contributed by atoms with Gasteiger partial charge < -0.3 is 15.8 Å². The van der Waals surface area contributed by atoms with Gasteiger partial charge in [0.1, 0.15) is 16.3 Å². The zero-order valence-electron chi connectivity index (χ0n) is 15.8. The quantitative estimate of drug-likeness (QED) is 0.539. The summed E-state index contributed by atoms with van der Waals surface area (Å²) in [7, 11) is -2.24. The number of ether oxygens (including phenoxy) is 1. The molecule has 0 saturated heterocycles. The van der Waals surface area contributed by atoms with Crippen LogP contribution in [0.2, 0.25) is 0 Å². The number of sulfonamides is 1. The average molecular weight is 435 g/mol. The first kappa shape index (κ1) is 20.0. The molecule has 1 aliphatic rings. The molecule has 3 aromatic rings. The topological polar surface area (TPSA) is 132 Å². The molecule has 1 saturated carbocycles. The zero-order valence-corrected chi connectivity index (χ0v) is 17.5. The van der Waals surface area contributed by atoms with Gasteiger partial charge in [0.25, 0.3) is 10.0 Å². The number of aromatic nitrogens is 3. The summed E-state index contributed by atoms with van der Waals surface area (Å²) in [6, 6.07) is 6.00. The van der Waals surface area contributed by atoms with Crippen LogP contribution >= 0.6 is 11.3 Å². The van der Waals surface area contributed by atoms with Crippen molar-refractivity contribution in [2.75, 3.05) is 12.4 Å². The third-order valence-corrected chi connectivity index (χ3v) is 7.52. The summed E-state index contributed by atoms with van der Waals surface area (Å²) in [6.07, 6.45) is 7.05. The Kier molecular flexibility index (Phi) is 5.63. The fourth-order valence-electron chi connectivity index (χ4n) is 3.21. The van der Waals surface area contributed by atoms with E-state index in [1.807, 2.05) is 18.2 Å². The van der Waals surface area contributed by atoms with Crippen molar-refractivity contribution in [2.45, 2.75) is 42.2 Å². The van der Waals surface area contributed by atoms with Crippen LogP contribution < -0.4 is 20.5 Å². The molecule has 0 bridgehead atoms. The molecule has 0 spiro atoms. The molecule has 11 heteroatoms. The van der Waals surface area contributed by atoms with Gasteiger partial charge in [0, 0.05) is 17.6 Å². The molecule has 0 aliphatic heterocycles. The molecule has 0 radical (unpaired) electrons. The van der Waals surface area contributed by atoms with Crippen LogP contribution in [0.15, 0.2) is 34.9 Å². The van der Waals surface area contributed by atoms with E-state index in [4.69, 9.17) is 10.5 Å². The fourth-order valence-corrected chi connectivity index (χ4v) is 5.07. The third-order valence-electron chi connectivity index (χ3n) is 4.80. The van der Waals surface area contributed by atoms with Crippen molar-refractivity contribution in [3.8, 4) is 5.75 Å². The summed E-state index contributed by atoms with van der Waals surface area (Å²) in [5, 5.41) is 4.41. The van der Waals surface area contributed by atoms with Gasteiger partial charge in [-0.15, -0.1) is 0 Å². The summed E-state index contributed by atoms with van der Waals surface area (Å²) in [4.78, 5) is 12.8. The predicted octanol–water partition coefficient (Wildman–Crippen LogP) is 2.39. The number of hydrogen-bond donors (Lipinski definition) is 3. The number of para-hydroxylation sites is 1. The second-order valence-electron chi connectivity index (χ2n) is 6.87. The summed E-state index contributed by atoms with van der Waals surface area (Å²) in [5.74, 6) is 1.05. The average Bonchev–Trinajstić information content (AvgIpc) is 3.19. The number of fused-ring (bicyclic) bond motifs is 1. The summed E-state index contributed by atoms with van der Waals surface area (Å²) < 4.78 is 32.1. The maximum absolute atomic E-state index is 11.8. The second kappa shape index (κ2) is 8.19. The highest BCUT2D eigenvalue weighted by Crippen LogP contribution is 2.30. The minimum absolute atomic E-state index is 0.0252. The lowest BCUT2D eigenvalue weighted by Crippen LogP contribution is -2.31. The number of nitrogens with two attached hydrogens (primary N) is 1. The lowest BCUT2D eigenvalue weighted by Gasteiger charge is -2.27. The van der Waals surface area contributed by atoms with E-state index < -0.39 is 10.0 Å². The van der Waals surface area contributed by atoms with Gasteiger partial charge in [-0.3, -0.25) is 0 Å². The molecule has 1 aliphatic carbocycles. The van der Waals surface area contributed by atoms with Crippen molar-refractivity contribution >= 4 is 43.2 Å². The highest BCUT2D eigenvalue weighted by Gasteiger charge is 2.21. The highest BCUT2D eigenvalue weighted by molar-refractivity contribution is 7.91. The maximum atomic E-state index is 11.8. The Hall–Kier alpha value is -2.34. The van der Waals surface area contributed by atoms with E-state index >= 15 is 0 Å². The van der Waals surface area contributed by atoms with Gasteiger partial charge in [0.05, 0.1) is 12.3 Å². The first-order valence-electron chi connectivity index (χ1n) is 9.29. The van der Waals surface area contributed by atoms with Crippen molar-refractivity contribution in [3.05, 3.63) is 30.6 Å². The SMILES string of the molecule is CNS(=O)(=O)c1ncc(Nc2ncc3cccc(OC4CCC(N)CC4)c3n2)s1. The van der Waals surface area contributed by atoms with Crippen LogP contribution in [0.5, 0.6) is 5.75 Å². The molecule has 2 aromatic heterocycles. The summed E-state index contributed by atoms with van der Waals surface area (Å²) in [6.45, 7) is 0. The van der Waals surface area contributed by atoms with E-state index in [0.717, 1.165) is 42.4 Å². The van der Waals surface area contributed by atoms with Crippen LogP contribution in [0, 0.1) is 0 Å². The normalized spacial score (nSPS) is 19.9. The monoisotopic (exact) mass is 434 g/mol. The molecule has 0 amide bonds. The molecule has 9 nitrogen and oxygen atoms in total. The predicted molar refractivity (Wildman–Crippen MR) is 112 cm³/mol. The number of nitrogens with one attached hydrogen (secondary N) is 2. The van der Waals surface area contributed by atoms with Crippen molar-refractivity contribution < 1.29 is 13.2 Å². The maximum Gasteiger partial charge on any atom is 0.267 e. The van der Waals surface area contributed by atoms with Crippen molar-refractivity contribution in [3.63, 3.8) is 0 Å². The molecule has 4 rings (SSSR count). The lowest BCUT2D eigenvalue weighted by molar-refractivity contribution is 0.149. The molecule has 1 fully saturated rings. The minimum Gasteiger partial charge on any atom is -0.488 e. The first-order valence-corrected chi connectivity index (χ1v) is 11.6. The van der Waals surface area contributed by atoms with Gasteiger partial charge in [-0.1, -0.05) is 23.5 Å². The number of hydrogen-bond acceptors (Lipinski definition) is 9. The standard InChI is InChI=1S/C18H22N6O3S2/c1-20-29(25,26)18-22-10-15(28-18)23-17-21-9-11-3-2-4-14(16(11)24-17)27-13-7-5-12(19)6-8-13/h2-4,9-10,12-13,20H,5-8,19H2,1H3,(H,21,23,24). The third kappa shape index (κ3) is 4.47. The van der Waals surface area contributed by atoms with Crippen molar-refractivity contribution in [1.82, 2.24) is 19.7 Å². The van der Waals surface area contributed by atoms with E-state index in [2.05, 4.69) is 25.0 Å². The van der Waals surface area contributed by atoms with Gasteiger partial charge in [0.2, 0.25) is 10.3 Å². The van der Waals surface area contributed by atoms with Gasteiger partial charge >= 0.3 is 0 Å². The van der Waals surface area contributed by atoms with Crippen LogP contribution in [0.1, 0.15) is 25.7 Å². The van der Waals surface area contributed by atoms with Gasteiger partial charge in [0.15, 0.2) is 0 Å². The first-order chi connectivity index (χ1) is 13.9. The molecule has 29 heavy (non-hydrogen) atoms. The van der Waals surface area contributed by atoms with Crippen molar-refractivity contribution in [1.29, 1.82) is 0 Å². The Morgan fingerprint density at radius 2 is 1.97 bits per heavy atom. The molecule has 2 heterocycles. The van der Waals surface area contributed by atoms with E-state index in [1.54, 1.807) is 6.20 Å².